The van der Waals surface area contributed by atoms with E-state index in [0.29, 0.717) is 30.0 Å². The number of aromatic nitrogens is 1. The second kappa shape index (κ2) is 11.7. The summed E-state index contributed by atoms with van der Waals surface area (Å²) in [7, 11) is 0. The first-order valence-corrected chi connectivity index (χ1v) is 13.7. The van der Waals surface area contributed by atoms with Gasteiger partial charge >= 0.3 is 11.9 Å². The van der Waals surface area contributed by atoms with Crippen molar-refractivity contribution in [2.24, 2.45) is 0 Å². The number of aromatic carboxylic acids is 1. The molecule has 2 aliphatic rings. The lowest BCUT2D eigenvalue weighted by molar-refractivity contribution is 0.0520. The molecule has 0 radical (unpaired) electrons. The van der Waals surface area contributed by atoms with Crippen LogP contribution in [-0.4, -0.2) is 40.7 Å². The largest absolute Gasteiger partial charge is 0.478 e. The summed E-state index contributed by atoms with van der Waals surface area (Å²) in [5.74, 6) is -0.907. The number of nitrogens with one attached hydrogen (secondary N) is 2. The highest BCUT2D eigenvalue weighted by Gasteiger charge is 2.27. The highest BCUT2D eigenvalue weighted by atomic mass is 79.9. The second-order valence-corrected chi connectivity index (χ2v) is 10.8. The van der Waals surface area contributed by atoms with Crippen LogP contribution < -0.4 is 10.6 Å². The molecule has 5 rings (SSSR count). The molecule has 2 fully saturated rings. The van der Waals surface area contributed by atoms with Gasteiger partial charge in [-0.3, -0.25) is 0 Å². The average Bonchev–Trinajstić information content (AvgIpc) is 3.80. The van der Waals surface area contributed by atoms with Gasteiger partial charge in [0.25, 0.3) is 0 Å². The Morgan fingerprint density at radius 3 is 2.14 bits per heavy atom. The predicted molar refractivity (Wildman–Crippen MR) is 149 cm³/mol. The lowest BCUT2D eigenvalue weighted by atomic mass is 10.0. The Bertz CT molecular complexity index is 1320. The molecule has 196 valence electrons. The van der Waals surface area contributed by atoms with Crippen LogP contribution in [0, 0.1) is 13.8 Å². The zero-order valence-electron chi connectivity index (χ0n) is 20.9. The molecule has 2 aliphatic carbocycles. The lowest BCUT2D eigenvalue weighted by Crippen LogP contribution is -2.09. The third kappa shape index (κ3) is 6.54. The van der Waals surface area contributed by atoms with Crippen molar-refractivity contribution >= 4 is 55.2 Å². The van der Waals surface area contributed by atoms with Gasteiger partial charge in [0, 0.05) is 32.3 Å². The van der Waals surface area contributed by atoms with E-state index in [1.54, 1.807) is 19.1 Å². The maximum atomic E-state index is 12.0. The van der Waals surface area contributed by atoms with E-state index in [-0.39, 0.29) is 5.69 Å². The number of oxazole rings is 1. The van der Waals surface area contributed by atoms with Gasteiger partial charge in [-0.1, -0.05) is 31.9 Å². The van der Waals surface area contributed by atoms with Crippen molar-refractivity contribution in [2.75, 3.05) is 17.2 Å². The molecule has 37 heavy (non-hydrogen) atoms. The summed E-state index contributed by atoms with van der Waals surface area (Å²) in [5, 5.41) is 15.8. The van der Waals surface area contributed by atoms with Crippen molar-refractivity contribution in [2.45, 2.75) is 58.5 Å². The van der Waals surface area contributed by atoms with E-state index < -0.39 is 11.9 Å². The first-order valence-electron chi connectivity index (χ1n) is 12.2. The Hall–Kier alpha value is -2.85. The lowest BCUT2D eigenvalue weighted by Gasteiger charge is -2.15. The number of halogens is 2. The third-order valence-electron chi connectivity index (χ3n) is 6.16. The summed E-state index contributed by atoms with van der Waals surface area (Å²) in [6.07, 6.45) is 5.86. The molecule has 1 heterocycles. The fraction of sp³-hybridized carbons (Fsp3) is 0.370. The highest BCUT2D eigenvalue weighted by Crippen LogP contribution is 2.39. The van der Waals surface area contributed by atoms with Gasteiger partial charge < -0.3 is 24.9 Å². The van der Waals surface area contributed by atoms with E-state index in [4.69, 9.17) is 14.3 Å². The summed E-state index contributed by atoms with van der Waals surface area (Å²) < 4.78 is 12.5. The van der Waals surface area contributed by atoms with Gasteiger partial charge in [-0.2, -0.15) is 0 Å². The molecule has 0 spiro atoms. The van der Waals surface area contributed by atoms with E-state index in [1.807, 2.05) is 26.0 Å². The Morgan fingerprint density at radius 2 is 1.57 bits per heavy atom. The Kier molecular flexibility index (Phi) is 8.59. The molecular weight excluding hydrogens is 606 g/mol. The van der Waals surface area contributed by atoms with Crippen LogP contribution in [0.25, 0.3) is 11.3 Å². The van der Waals surface area contributed by atoms with E-state index in [2.05, 4.69) is 47.5 Å². The molecule has 0 unspecified atom stereocenters. The number of rotatable bonds is 8. The highest BCUT2D eigenvalue weighted by molar-refractivity contribution is 9.10. The zero-order chi connectivity index (χ0) is 26.7. The van der Waals surface area contributed by atoms with Gasteiger partial charge in [0.05, 0.1) is 17.9 Å². The molecule has 3 aromatic rings. The van der Waals surface area contributed by atoms with Gasteiger partial charge in [-0.05, 0) is 81.8 Å². The number of benzene rings is 2. The van der Waals surface area contributed by atoms with E-state index >= 15 is 0 Å². The number of carboxylic acids is 1. The summed E-state index contributed by atoms with van der Waals surface area (Å²) in [6, 6.07) is 8.21. The minimum absolute atomic E-state index is 0.211. The number of esters is 1. The Labute approximate surface area is 232 Å². The maximum absolute atomic E-state index is 12.0. The fourth-order valence-corrected chi connectivity index (χ4v) is 4.42. The molecule has 10 heteroatoms. The summed E-state index contributed by atoms with van der Waals surface area (Å²) in [6.45, 7) is 6.01. The standard InChI is InChI=1S/C16H17BrN2O3.C11H12BrNO2/c1-3-21-16(20)14-15(22-8-18-14)11-6-7-12(17)9(2)13(11)19-10-4-5-10;1-6-9(12)5-4-8(11(14)15)10(6)13-7-2-3-7/h6-8,10,19H,3-5H2,1-2H3;4-5,7,13H,2-3H2,1H3,(H,14,15). The topological polar surface area (TPSA) is 114 Å². The summed E-state index contributed by atoms with van der Waals surface area (Å²) in [5.41, 5.74) is 5.15. The van der Waals surface area contributed by atoms with Crippen molar-refractivity contribution in [3.05, 3.63) is 62.0 Å². The minimum atomic E-state index is -0.881. The molecule has 1 aromatic heterocycles. The van der Waals surface area contributed by atoms with Crippen LogP contribution in [-0.2, 0) is 4.74 Å². The van der Waals surface area contributed by atoms with Gasteiger partial charge in [0.15, 0.2) is 17.8 Å². The molecule has 0 amide bonds. The second-order valence-electron chi connectivity index (χ2n) is 9.08. The van der Waals surface area contributed by atoms with Crippen molar-refractivity contribution in [3.8, 4) is 11.3 Å². The van der Waals surface area contributed by atoms with E-state index in [0.717, 1.165) is 62.7 Å². The predicted octanol–water partition coefficient (Wildman–Crippen LogP) is 7.19. The molecule has 0 bridgehead atoms. The van der Waals surface area contributed by atoms with E-state index in [9.17, 15) is 9.59 Å². The number of anilines is 2. The summed E-state index contributed by atoms with van der Waals surface area (Å²) in [4.78, 5) is 27.1. The molecule has 2 aromatic carbocycles. The van der Waals surface area contributed by atoms with Crippen LogP contribution in [0.5, 0.6) is 0 Å². The van der Waals surface area contributed by atoms with Gasteiger partial charge in [-0.15, -0.1) is 0 Å². The average molecular weight is 635 g/mol. The van der Waals surface area contributed by atoms with Gasteiger partial charge in [0.2, 0.25) is 0 Å². The fourth-order valence-electron chi connectivity index (χ4n) is 3.76. The van der Waals surface area contributed by atoms with Crippen molar-refractivity contribution < 1.29 is 23.8 Å². The van der Waals surface area contributed by atoms with Crippen molar-refractivity contribution in [3.63, 3.8) is 0 Å². The van der Waals surface area contributed by atoms with Crippen LogP contribution in [0.15, 0.2) is 44.0 Å². The molecule has 2 saturated carbocycles. The van der Waals surface area contributed by atoms with Gasteiger partial charge in [-0.25, -0.2) is 14.6 Å². The minimum Gasteiger partial charge on any atom is -0.478 e. The quantitative estimate of drug-likeness (QED) is 0.223. The normalized spacial score (nSPS) is 14.4. The number of nitrogens with zero attached hydrogens (tertiary/aromatic N) is 1. The molecule has 0 aliphatic heterocycles. The van der Waals surface area contributed by atoms with Crippen LogP contribution in [0.3, 0.4) is 0 Å². The molecular formula is C27H29Br2N3O5. The maximum Gasteiger partial charge on any atom is 0.360 e. The van der Waals surface area contributed by atoms with Crippen molar-refractivity contribution in [1.29, 1.82) is 0 Å². The Morgan fingerprint density at radius 1 is 1.00 bits per heavy atom. The van der Waals surface area contributed by atoms with Crippen LogP contribution in [0.4, 0.5) is 11.4 Å². The molecule has 0 atom stereocenters. The number of hydrogen-bond donors (Lipinski definition) is 3. The number of carbonyl (C=O) groups excluding carboxylic acids is 1. The first kappa shape index (κ1) is 27.2. The number of carboxylic acid groups (broad SMARTS) is 1. The molecule has 8 nitrogen and oxygen atoms in total. The smallest absolute Gasteiger partial charge is 0.360 e. The van der Waals surface area contributed by atoms with Crippen LogP contribution >= 0.6 is 31.9 Å². The monoisotopic (exact) mass is 633 g/mol. The number of hydrogen-bond acceptors (Lipinski definition) is 7. The zero-order valence-corrected chi connectivity index (χ0v) is 24.0. The number of ether oxygens (including phenoxy) is 1. The SMILES string of the molecule is CCOC(=O)c1ncoc1-c1ccc(Br)c(C)c1NC1CC1.Cc1c(Br)ccc(C(=O)O)c1NC1CC1. The third-order valence-corrected chi connectivity index (χ3v) is 7.88. The van der Waals surface area contributed by atoms with Crippen molar-refractivity contribution in [1.82, 2.24) is 4.98 Å². The van der Waals surface area contributed by atoms with E-state index in [1.165, 1.54) is 6.39 Å². The van der Waals surface area contributed by atoms with Crippen LogP contribution in [0.1, 0.15) is 64.6 Å². The Balaban J connectivity index is 0.000000186. The number of carbonyl (C=O) groups is 2. The van der Waals surface area contributed by atoms with Gasteiger partial charge in [0.1, 0.15) is 0 Å². The molecule has 0 saturated heterocycles. The van der Waals surface area contributed by atoms with Crippen LogP contribution in [0.2, 0.25) is 0 Å². The molecule has 3 N–H and O–H groups in total. The summed E-state index contributed by atoms with van der Waals surface area (Å²) >= 11 is 6.96. The first-order chi connectivity index (χ1) is 17.7.